The highest BCUT2D eigenvalue weighted by atomic mass is 16.3. The Kier molecular flexibility index (Phi) is 4.59. The van der Waals surface area contributed by atoms with Crippen molar-refractivity contribution < 1.29 is 14.1 Å². The number of rotatable bonds is 5. The van der Waals surface area contributed by atoms with Crippen molar-refractivity contribution in [1.82, 2.24) is 5.32 Å². The first-order valence-electron chi connectivity index (χ1n) is 7.97. The summed E-state index contributed by atoms with van der Waals surface area (Å²) in [5.74, 6) is 0.941. The molecule has 3 rings (SSSR count). The predicted molar refractivity (Wildman–Crippen MR) is 84.9 cm³/mol. The van der Waals surface area contributed by atoms with E-state index >= 15 is 0 Å². The Morgan fingerprint density at radius 3 is 2.59 bits per heavy atom. The Hall–Kier alpha value is -2.07. The van der Waals surface area contributed by atoms with Crippen LogP contribution in [0.1, 0.15) is 40.6 Å². The van der Waals surface area contributed by atoms with Crippen molar-refractivity contribution in [3.05, 3.63) is 59.5 Å². The molecular formula is C18H23N2O2+. The summed E-state index contributed by atoms with van der Waals surface area (Å²) in [6.07, 6.45) is 4.20. The number of furan rings is 1. The SMILES string of the molecule is Cc1ccc(C(=O)NC[C@H](c2ccco2)[NH+]2CCCC2)cc1. The van der Waals surface area contributed by atoms with Crippen molar-refractivity contribution in [2.45, 2.75) is 25.8 Å². The van der Waals surface area contributed by atoms with Gasteiger partial charge in [0.1, 0.15) is 0 Å². The minimum absolute atomic E-state index is 0.0184. The highest BCUT2D eigenvalue weighted by Crippen LogP contribution is 2.12. The lowest BCUT2D eigenvalue weighted by Gasteiger charge is -2.23. The highest BCUT2D eigenvalue weighted by Gasteiger charge is 2.29. The Morgan fingerprint density at radius 1 is 1.23 bits per heavy atom. The molecule has 2 aromatic rings. The molecule has 4 nitrogen and oxygen atoms in total. The van der Waals surface area contributed by atoms with Crippen LogP contribution in [-0.2, 0) is 0 Å². The fourth-order valence-electron chi connectivity index (χ4n) is 3.12. The van der Waals surface area contributed by atoms with Crippen LogP contribution in [0.2, 0.25) is 0 Å². The lowest BCUT2D eigenvalue weighted by atomic mass is 10.1. The quantitative estimate of drug-likeness (QED) is 0.883. The average Bonchev–Trinajstić information content (AvgIpc) is 3.22. The molecule has 0 saturated carbocycles. The average molecular weight is 299 g/mol. The molecule has 22 heavy (non-hydrogen) atoms. The normalized spacial score (nSPS) is 16.6. The summed E-state index contributed by atoms with van der Waals surface area (Å²) >= 11 is 0. The second-order valence-corrected chi connectivity index (χ2v) is 6.01. The standard InChI is InChI=1S/C18H22N2O2/c1-14-6-8-15(9-7-14)18(21)19-13-16(17-5-4-12-22-17)20-10-2-3-11-20/h4-9,12,16H,2-3,10-11,13H2,1H3,(H,19,21)/p+1/t16-/m1/s1. The molecule has 0 bridgehead atoms. The predicted octanol–water partition coefficient (Wildman–Crippen LogP) is 1.74. The van der Waals surface area contributed by atoms with Gasteiger partial charge in [0.25, 0.3) is 5.91 Å². The van der Waals surface area contributed by atoms with Crippen molar-refractivity contribution in [1.29, 1.82) is 0 Å². The van der Waals surface area contributed by atoms with Gasteiger partial charge in [0.05, 0.1) is 25.9 Å². The van der Waals surface area contributed by atoms with E-state index in [0.717, 1.165) is 24.4 Å². The van der Waals surface area contributed by atoms with Crippen LogP contribution in [0.5, 0.6) is 0 Å². The molecule has 1 fully saturated rings. The number of benzene rings is 1. The molecule has 4 heteroatoms. The number of amides is 1. The third kappa shape index (κ3) is 3.39. The third-order valence-electron chi connectivity index (χ3n) is 4.41. The number of nitrogens with one attached hydrogen (secondary N) is 2. The van der Waals surface area contributed by atoms with Crippen LogP contribution in [0.4, 0.5) is 0 Å². The van der Waals surface area contributed by atoms with Gasteiger partial charge in [-0.05, 0) is 31.2 Å². The summed E-state index contributed by atoms with van der Waals surface area (Å²) in [5, 5.41) is 3.06. The Morgan fingerprint density at radius 2 is 1.95 bits per heavy atom. The Balaban J connectivity index is 1.66. The van der Waals surface area contributed by atoms with Gasteiger partial charge in [0.2, 0.25) is 0 Å². The molecule has 1 saturated heterocycles. The summed E-state index contributed by atoms with van der Waals surface area (Å²) in [6, 6.07) is 11.8. The molecule has 1 aliphatic rings. The van der Waals surface area contributed by atoms with E-state index < -0.39 is 0 Å². The molecule has 1 aliphatic heterocycles. The molecule has 1 aromatic carbocycles. The molecule has 116 valence electrons. The number of carbonyl (C=O) groups excluding carboxylic acids is 1. The first-order chi connectivity index (χ1) is 10.7. The van der Waals surface area contributed by atoms with Crippen molar-refractivity contribution in [3.8, 4) is 0 Å². The van der Waals surface area contributed by atoms with Crippen LogP contribution < -0.4 is 10.2 Å². The van der Waals surface area contributed by atoms with Crippen molar-refractivity contribution >= 4 is 5.91 Å². The molecule has 2 N–H and O–H groups in total. The van der Waals surface area contributed by atoms with Gasteiger partial charge in [-0.3, -0.25) is 4.79 Å². The second-order valence-electron chi connectivity index (χ2n) is 6.01. The topological polar surface area (TPSA) is 46.7 Å². The minimum Gasteiger partial charge on any atom is -0.463 e. The molecule has 0 radical (unpaired) electrons. The van der Waals surface area contributed by atoms with Crippen LogP contribution in [-0.4, -0.2) is 25.5 Å². The third-order valence-corrected chi connectivity index (χ3v) is 4.41. The summed E-state index contributed by atoms with van der Waals surface area (Å²) in [5.41, 5.74) is 1.87. The van der Waals surface area contributed by atoms with E-state index in [1.165, 1.54) is 17.7 Å². The molecule has 1 amide bonds. The van der Waals surface area contributed by atoms with Gasteiger partial charge in [0, 0.05) is 18.4 Å². The number of carbonyl (C=O) groups is 1. The van der Waals surface area contributed by atoms with Gasteiger partial charge in [0.15, 0.2) is 11.8 Å². The maximum absolute atomic E-state index is 12.3. The van der Waals surface area contributed by atoms with E-state index in [1.54, 1.807) is 6.26 Å². The van der Waals surface area contributed by atoms with E-state index in [9.17, 15) is 4.79 Å². The molecule has 0 unspecified atom stereocenters. The number of hydrogen-bond donors (Lipinski definition) is 2. The molecule has 1 atom stereocenters. The number of hydrogen-bond acceptors (Lipinski definition) is 2. The molecule has 2 heterocycles. The zero-order valence-electron chi connectivity index (χ0n) is 13.0. The first-order valence-corrected chi connectivity index (χ1v) is 7.97. The van der Waals surface area contributed by atoms with Gasteiger partial charge < -0.3 is 14.6 Å². The number of likely N-dealkylation sites (tertiary alicyclic amines) is 1. The van der Waals surface area contributed by atoms with Gasteiger partial charge in [-0.25, -0.2) is 0 Å². The van der Waals surface area contributed by atoms with E-state index in [1.807, 2.05) is 43.3 Å². The smallest absolute Gasteiger partial charge is 0.251 e. The lowest BCUT2D eigenvalue weighted by Crippen LogP contribution is -3.11. The van der Waals surface area contributed by atoms with Crippen molar-refractivity contribution in [3.63, 3.8) is 0 Å². The van der Waals surface area contributed by atoms with Gasteiger partial charge in [-0.2, -0.15) is 0 Å². The second kappa shape index (κ2) is 6.79. The summed E-state index contributed by atoms with van der Waals surface area (Å²) in [7, 11) is 0. The molecule has 0 spiro atoms. The summed E-state index contributed by atoms with van der Waals surface area (Å²) in [6.45, 7) is 4.92. The van der Waals surface area contributed by atoms with Crippen molar-refractivity contribution in [2.75, 3.05) is 19.6 Å². The zero-order chi connectivity index (χ0) is 15.4. The highest BCUT2D eigenvalue weighted by molar-refractivity contribution is 5.94. The summed E-state index contributed by atoms with van der Waals surface area (Å²) < 4.78 is 5.59. The zero-order valence-corrected chi connectivity index (χ0v) is 13.0. The largest absolute Gasteiger partial charge is 0.463 e. The fourth-order valence-corrected chi connectivity index (χ4v) is 3.12. The maximum Gasteiger partial charge on any atom is 0.251 e. The number of aryl methyl sites for hydroxylation is 1. The fraction of sp³-hybridized carbons (Fsp3) is 0.389. The van der Waals surface area contributed by atoms with Crippen LogP contribution in [0, 0.1) is 6.92 Å². The van der Waals surface area contributed by atoms with Crippen LogP contribution in [0.3, 0.4) is 0 Å². The molecular weight excluding hydrogens is 276 g/mol. The number of quaternary nitrogens is 1. The lowest BCUT2D eigenvalue weighted by molar-refractivity contribution is -0.919. The van der Waals surface area contributed by atoms with E-state index in [2.05, 4.69) is 5.32 Å². The van der Waals surface area contributed by atoms with Crippen LogP contribution >= 0.6 is 0 Å². The van der Waals surface area contributed by atoms with Gasteiger partial charge in [-0.1, -0.05) is 17.7 Å². The van der Waals surface area contributed by atoms with Crippen molar-refractivity contribution in [2.24, 2.45) is 0 Å². The molecule has 1 aromatic heterocycles. The first kappa shape index (κ1) is 14.9. The van der Waals surface area contributed by atoms with E-state index in [-0.39, 0.29) is 11.9 Å². The molecule has 0 aliphatic carbocycles. The van der Waals surface area contributed by atoms with E-state index in [0.29, 0.717) is 12.1 Å². The van der Waals surface area contributed by atoms with Crippen LogP contribution in [0.25, 0.3) is 0 Å². The van der Waals surface area contributed by atoms with E-state index in [4.69, 9.17) is 4.42 Å². The Bertz CT molecular complexity index is 599. The summed E-state index contributed by atoms with van der Waals surface area (Å²) in [4.78, 5) is 13.8. The minimum atomic E-state index is -0.0184. The van der Waals surface area contributed by atoms with Gasteiger partial charge >= 0.3 is 0 Å². The Labute approximate surface area is 131 Å². The monoisotopic (exact) mass is 299 g/mol. The van der Waals surface area contributed by atoms with Gasteiger partial charge in [-0.15, -0.1) is 0 Å². The maximum atomic E-state index is 12.3. The van der Waals surface area contributed by atoms with Crippen LogP contribution in [0.15, 0.2) is 47.1 Å².